The summed E-state index contributed by atoms with van der Waals surface area (Å²) in [6, 6.07) is 6.18. The highest BCUT2D eigenvalue weighted by molar-refractivity contribution is 5.77. The quantitative estimate of drug-likeness (QED) is 0.925. The molecule has 8 heteroatoms. The van der Waals surface area contributed by atoms with Crippen LogP contribution in [0.4, 0.5) is 13.2 Å². The molecule has 0 saturated carbocycles. The number of halogens is 3. The maximum absolute atomic E-state index is 12.1. The molecule has 5 nitrogen and oxygen atoms in total. The first-order chi connectivity index (χ1) is 11.0. The summed E-state index contributed by atoms with van der Waals surface area (Å²) in [5.41, 5.74) is 3.76. The lowest BCUT2D eigenvalue weighted by molar-refractivity contribution is -0.274. The van der Waals surface area contributed by atoms with E-state index in [1.807, 2.05) is 29.3 Å². The summed E-state index contributed by atoms with van der Waals surface area (Å²) in [7, 11) is 0. The van der Waals surface area contributed by atoms with Crippen LogP contribution in [-0.4, -0.2) is 30.1 Å². The molecule has 0 aliphatic carbocycles. The van der Waals surface area contributed by atoms with Crippen molar-refractivity contribution in [1.29, 1.82) is 0 Å². The Kier molecular flexibility index (Phi) is 4.14. The molecule has 2 heterocycles. The van der Waals surface area contributed by atoms with E-state index in [-0.39, 0.29) is 11.9 Å². The van der Waals surface area contributed by atoms with Crippen molar-refractivity contribution < 1.29 is 22.6 Å². The fourth-order valence-electron chi connectivity index (χ4n) is 2.19. The topological polar surface area (TPSA) is 46.1 Å². The molecular weight excluding hydrogens is 311 g/mol. The van der Waals surface area contributed by atoms with Gasteiger partial charge in [0.15, 0.2) is 0 Å². The number of hydrazone groups is 1. The van der Waals surface area contributed by atoms with Gasteiger partial charge in [0, 0.05) is 12.6 Å². The van der Waals surface area contributed by atoms with Gasteiger partial charge in [-0.05, 0) is 29.8 Å². The Morgan fingerprint density at radius 3 is 2.70 bits per heavy atom. The molecular formula is C15H14F3N3O2. The van der Waals surface area contributed by atoms with Crippen LogP contribution in [0.3, 0.4) is 0 Å². The Balaban J connectivity index is 1.48. The average Bonchev–Trinajstić information content (AvgIpc) is 2.91. The van der Waals surface area contributed by atoms with Crippen molar-refractivity contribution in [3.05, 3.63) is 54.3 Å². The number of nitrogens with one attached hydrogen (secondary N) is 1. The SMILES string of the molecule is FC(F)(F)Oc1ccc(CCOC2=NNC3C=CC=CN23)cc1. The Morgan fingerprint density at radius 1 is 1.17 bits per heavy atom. The van der Waals surface area contributed by atoms with Crippen LogP contribution in [0, 0.1) is 0 Å². The Bertz CT molecular complexity index is 638. The van der Waals surface area contributed by atoms with E-state index < -0.39 is 6.36 Å². The molecule has 2 aliphatic rings. The van der Waals surface area contributed by atoms with Crippen molar-refractivity contribution >= 4 is 6.02 Å². The molecule has 122 valence electrons. The predicted octanol–water partition coefficient (Wildman–Crippen LogP) is 2.73. The predicted molar refractivity (Wildman–Crippen MR) is 77.3 cm³/mol. The molecule has 0 saturated heterocycles. The highest BCUT2D eigenvalue weighted by Crippen LogP contribution is 2.23. The lowest BCUT2D eigenvalue weighted by Gasteiger charge is -2.22. The second-order valence-electron chi connectivity index (χ2n) is 4.89. The molecule has 0 amide bonds. The zero-order chi connectivity index (χ0) is 16.3. The Hall–Kier alpha value is -2.64. The fourth-order valence-corrected chi connectivity index (χ4v) is 2.19. The van der Waals surface area contributed by atoms with Crippen molar-refractivity contribution in [2.75, 3.05) is 6.61 Å². The first-order valence-electron chi connectivity index (χ1n) is 6.95. The monoisotopic (exact) mass is 325 g/mol. The average molecular weight is 325 g/mol. The number of fused-ring (bicyclic) bond motifs is 1. The maximum atomic E-state index is 12.1. The van der Waals surface area contributed by atoms with Gasteiger partial charge in [0.1, 0.15) is 11.9 Å². The number of hydrogen-bond acceptors (Lipinski definition) is 5. The lowest BCUT2D eigenvalue weighted by Crippen LogP contribution is -2.36. The molecule has 1 atom stereocenters. The highest BCUT2D eigenvalue weighted by Gasteiger charge is 2.31. The van der Waals surface area contributed by atoms with E-state index in [4.69, 9.17) is 4.74 Å². The van der Waals surface area contributed by atoms with Crippen LogP contribution in [0.2, 0.25) is 0 Å². The standard InChI is InChI=1S/C15H14F3N3O2/c16-15(17,18)23-12-6-4-11(5-7-12)8-10-22-14-20-19-13-3-1-2-9-21(13)14/h1-7,9,13,19H,8,10H2. The van der Waals surface area contributed by atoms with Crippen molar-refractivity contribution in [1.82, 2.24) is 10.3 Å². The van der Waals surface area contributed by atoms with E-state index in [1.54, 1.807) is 12.1 Å². The first-order valence-corrected chi connectivity index (χ1v) is 6.95. The number of hydrogen-bond donors (Lipinski definition) is 1. The normalized spacial score (nSPS) is 19.2. The van der Waals surface area contributed by atoms with Gasteiger partial charge in [0.2, 0.25) is 0 Å². The summed E-state index contributed by atoms with van der Waals surface area (Å²) in [5, 5.41) is 4.09. The summed E-state index contributed by atoms with van der Waals surface area (Å²) in [5.74, 6) is -0.236. The van der Waals surface area contributed by atoms with Crippen molar-refractivity contribution in [3.63, 3.8) is 0 Å². The minimum absolute atomic E-state index is 0.0335. The van der Waals surface area contributed by atoms with E-state index in [0.29, 0.717) is 19.0 Å². The number of nitrogens with zero attached hydrogens (tertiary/aromatic N) is 2. The third kappa shape index (κ3) is 3.97. The largest absolute Gasteiger partial charge is 0.573 e. The van der Waals surface area contributed by atoms with E-state index in [0.717, 1.165) is 5.56 Å². The van der Waals surface area contributed by atoms with E-state index in [9.17, 15) is 13.2 Å². The number of benzene rings is 1. The Morgan fingerprint density at radius 2 is 1.96 bits per heavy atom. The molecule has 1 N–H and O–H groups in total. The number of allylic oxidation sites excluding steroid dienone is 2. The summed E-state index contributed by atoms with van der Waals surface area (Å²) in [6.07, 6.45) is 3.42. The van der Waals surface area contributed by atoms with Gasteiger partial charge >= 0.3 is 12.4 Å². The third-order valence-electron chi connectivity index (χ3n) is 3.24. The van der Waals surface area contributed by atoms with Crippen molar-refractivity contribution in [2.24, 2.45) is 5.10 Å². The Labute approximate surface area is 130 Å². The van der Waals surface area contributed by atoms with Gasteiger partial charge in [-0.3, -0.25) is 10.3 Å². The zero-order valence-corrected chi connectivity index (χ0v) is 12.0. The first kappa shape index (κ1) is 15.3. The second kappa shape index (κ2) is 6.23. The molecule has 0 bridgehead atoms. The lowest BCUT2D eigenvalue weighted by atomic mass is 10.1. The minimum atomic E-state index is -4.68. The van der Waals surface area contributed by atoms with Crippen molar-refractivity contribution in [2.45, 2.75) is 18.9 Å². The molecule has 0 radical (unpaired) electrons. The fraction of sp³-hybridized carbons (Fsp3) is 0.267. The second-order valence-corrected chi connectivity index (χ2v) is 4.89. The van der Waals surface area contributed by atoms with Gasteiger partial charge in [-0.1, -0.05) is 18.2 Å². The number of ether oxygens (including phenoxy) is 2. The van der Waals surface area contributed by atoms with Crippen LogP contribution in [0.25, 0.3) is 0 Å². The summed E-state index contributed by atoms with van der Waals surface area (Å²) in [4.78, 5) is 1.85. The number of alkyl halides is 3. The van der Waals surface area contributed by atoms with Gasteiger partial charge in [0.25, 0.3) is 0 Å². The van der Waals surface area contributed by atoms with Crippen molar-refractivity contribution in [3.8, 4) is 5.75 Å². The van der Waals surface area contributed by atoms with Crippen LogP contribution in [0.5, 0.6) is 5.75 Å². The van der Waals surface area contributed by atoms with Crippen LogP contribution in [-0.2, 0) is 11.2 Å². The van der Waals surface area contributed by atoms with Gasteiger partial charge in [-0.15, -0.1) is 18.3 Å². The minimum Gasteiger partial charge on any atom is -0.463 e. The number of rotatable bonds is 4. The molecule has 1 unspecified atom stereocenters. The van der Waals surface area contributed by atoms with Crippen LogP contribution in [0.1, 0.15) is 5.56 Å². The van der Waals surface area contributed by atoms with Crippen LogP contribution < -0.4 is 10.2 Å². The molecule has 2 aliphatic heterocycles. The zero-order valence-electron chi connectivity index (χ0n) is 12.0. The summed E-state index contributed by atoms with van der Waals surface area (Å²) < 4.78 is 45.7. The smallest absolute Gasteiger partial charge is 0.463 e. The van der Waals surface area contributed by atoms with E-state index in [2.05, 4.69) is 15.3 Å². The summed E-state index contributed by atoms with van der Waals surface area (Å²) >= 11 is 0. The number of amidine groups is 1. The molecule has 1 aromatic carbocycles. The molecule has 3 rings (SSSR count). The third-order valence-corrected chi connectivity index (χ3v) is 3.24. The van der Waals surface area contributed by atoms with Gasteiger partial charge in [0.05, 0.1) is 6.61 Å². The van der Waals surface area contributed by atoms with Gasteiger partial charge in [-0.25, -0.2) is 0 Å². The molecule has 1 aromatic rings. The molecule has 0 aromatic heterocycles. The van der Waals surface area contributed by atoms with Gasteiger partial charge < -0.3 is 9.47 Å². The molecule has 0 spiro atoms. The van der Waals surface area contributed by atoms with Crippen LogP contribution in [0.15, 0.2) is 53.8 Å². The highest BCUT2D eigenvalue weighted by atomic mass is 19.4. The van der Waals surface area contributed by atoms with Crippen LogP contribution >= 0.6 is 0 Å². The summed E-state index contributed by atoms with van der Waals surface area (Å²) in [6.45, 7) is 0.362. The molecule has 23 heavy (non-hydrogen) atoms. The maximum Gasteiger partial charge on any atom is 0.573 e. The molecule has 0 fully saturated rings. The van der Waals surface area contributed by atoms with E-state index in [1.165, 1.54) is 12.1 Å². The van der Waals surface area contributed by atoms with E-state index >= 15 is 0 Å². The van der Waals surface area contributed by atoms with Gasteiger partial charge in [-0.2, -0.15) is 0 Å².